The summed E-state index contributed by atoms with van der Waals surface area (Å²) >= 11 is 0. The van der Waals surface area contributed by atoms with Gasteiger partial charge < -0.3 is 56.8 Å². The number of carbonyl (C=O) groups is 3. The van der Waals surface area contributed by atoms with Crippen LogP contribution in [0.4, 0.5) is 0 Å². The van der Waals surface area contributed by atoms with E-state index < -0.39 is 62.7 Å². The van der Waals surface area contributed by atoms with Gasteiger partial charge in [-0.25, -0.2) is 0 Å². The van der Waals surface area contributed by atoms with E-state index in [2.05, 4.69) is 5.32 Å². The molecule has 2 amide bonds. The predicted octanol–water partition coefficient (Wildman–Crippen LogP) is -2.87. The van der Waals surface area contributed by atoms with Gasteiger partial charge in [0, 0.05) is 30.5 Å². The molecule has 0 fully saturated rings. The third kappa shape index (κ3) is 14.5. The molecule has 0 bridgehead atoms. The number of aliphatic hydroxyl groups excluding tert-OH is 1. The maximum absolute atomic E-state index is 12.3. The highest BCUT2D eigenvalue weighted by atomic mass is 28.4. The maximum Gasteiger partial charge on any atom is 0.519 e. The van der Waals surface area contributed by atoms with Crippen molar-refractivity contribution in [1.29, 1.82) is 0 Å². The molecule has 0 aliphatic carbocycles. The Morgan fingerprint density at radius 2 is 1.65 bits per heavy atom. The molecule has 0 radical (unpaired) electrons. The van der Waals surface area contributed by atoms with E-state index in [0.717, 1.165) is 0 Å². The summed E-state index contributed by atoms with van der Waals surface area (Å²) in [5.74, 6) is -5.50. The summed E-state index contributed by atoms with van der Waals surface area (Å²) in [6, 6.07) is -0.802. The second kappa shape index (κ2) is 16.1. The highest BCUT2D eigenvalue weighted by Gasteiger charge is 2.31. The first-order valence-electron chi connectivity index (χ1n) is 11.1. The Morgan fingerprint density at radius 1 is 1.06 bits per heavy atom. The summed E-state index contributed by atoms with van der Waals surface area (Å²) in [5.41, 5.74) is 12.6. The van der Waals surface area contributed by atoms with Crippen molar-refractivity contribution in [3.05, 3.63) is 5.21 Å². The lowest BCUT2D eigenvalue weighted by molar-refractivity contribution is -0.142. The quantitative estimate of drug-likeness (QED) is 0.0626. The average Bonchev–Trinajstić information content (AvgIpc) is 2.71. The molecule has 14 nitrogen and oxygen atoms in total. The van der Waals surface area contributed by atoms with Gasteiger partial charge in [0.15, 0.2) is 0 Å². The van der Waals surface area contributed by atoms with Crippen LogP contribution in [0.1, 0.15) is 46.0 Å². The smallest absolute Gasteiger partial charge is 0.519 e. The number of primary amides is 1. The summed E-state index contributed by atoms with van der Waals surface area (Å²) in [4.78, 5) is 62.3. The van der Waals surface area contributed by atoms with Crippen molar-refractivity contribution in [3.63, 3.8) is 0 Å². The molecule has 0 rings (SSSR count). The van der Waals surface area contributed by atoms with Gasteiger partial charge in [-0.2, -0.15) is 0 Å². The van der Waals surface area contributed by atoms with Crippen LogP contribution in [0.15, 0.2) is 0 Å². The van der Waals surface area contributed by atoms with E-state index in [9.17, 15) is 29.8 Å². The molecule has 0 spiro atoms. The number of aliphatic hydroxyl groups is 1. The number of hydroxylamine groups is 1. The van der Waals surface area contributed by atoms with Gasteiger partial charge in [0.25, 0.3) is 0 Å². The summed E-state index contributed by atoms with van der Waals surface area (Å²) in [7, 11) is -4.40. The molecule has 200 valence electrons. The minimum Gasteiger partial charge on any atom is -0.759 e. The summed E-state index contributed by atoms with van der Waals surface area (Å²) < 4.78 is 4.85. The number of nitrogens with one attached hydrogen (secondary N) is 2. The largest absolute Gasteiger partial charge is 0.759 e. The van der Waals surface area contributed by atoms with Crippen molar-refractivity contribution in [2.75, 3.05) is 19.4 Å². The zero-order chi connectivity index (χ0) is 26.5. The summed E-state index contributed by atoms with van der Waals surface area (Å²) in [6.45, 7) is 3.02. The number of hydrogen-bond donors (Lipinski definition) is 9. The van der Waals surface area contributed by atoms with Crippen molar-refractivity contribution in [3.8, 4) is 0 Å². The fourth-order valence-corrected chi connectivity index (χ4v) is 3.99. The highest BCUT2D eigenvalue weighted by Crippen LogP contribution is 2.26. The fourth-order valence-electron chi connectivity index (χ4n) is 3.60. The summed E-state index contributed by atoms with van der Waals surface area (Å²) in [5, 5.41) is 33.4. The van der Waals surface area contributed by atoms with Crippen LogP contribution in [0.5, 0.6) is 0 Å². The first-order valence-corrected chi connectivity index (χ1v) is 13.1. The molecule has 15 heteroatoms. The van der Waals surface area contributed by atoms with Crippen molar-refractivity contribution in [1.82, 2.24) is 10.8 Å². The Bertz CT molecular complexity index is 635. The third-order valence-electron chi connectivity index (χ3n) is 5.33. The van der Waals surface area contributed by atoms with Crippen molar-refractivity contribution in [2.24, 2.45) is 29.2 Å². The van der Waals surface area contributed by atoms with Crippen LogP contribution in [0.3, 0.4) is 0 Å². The number of hydrogen-bond acceptors (Lipinski definition) is 11. The minimum atomic E-state index is -4.40. The van der Waals surface area contributed by atoms with E-state index in [-0.39, 0.29) is 44.9 Å². The van der Waals surface area contributed by atoms with Gasteiger partial charge >= 0.3 is 14.8 Å². The Labute approximate surface area is 199 Å². The second-order valence-corrected chi connectivity index (χ2v) is 10.5. The minimum absolute atomic E-state index is 0.0455. The Morgan fingerprint density at radius 3 is 2.09 bits per heavy atom. The van der Waals surface area contributed by atoms with Crippen LogP contribution in [-0.4, -0.2) is 88.8 Å². The molecule has 0 aromatic rings. The molecule has 0 aromatic carbocycles. The van der Waals surface area contributed by atoms with Gasteiger partial charge in [-0.1, -0.05) is 6.92 Å². The predicted molar refractivity (Wildman–Crippen MR) is 122 cm³/mol. The van der Waals surface area contributed by atoms with Gasteiger partial charge in [-0.3, -0.25) is 14.4 Å². The van der Waals surface area contributed by atoms with Gasteiger partial charge in [0.05, 0.1) is 18.6 Å². The Kier molecular flexibility index (Phi) is 15.3. The topological polar surface area (TPSA) is 261 Å². The normalized spacial score (nSPS) is 17.3. The van der Waals surface area contributed by atoms with Crippen LogP contribution in [0, 0.1) is 23.0 Å². The number of carboxylic acids is 1. The molecule has 0 aromatic heterocycles. The monoisotopic (exact) mass is 511 g/mol. The number of rotatable bonds is 19. The van der Waals surface area contributed by atoms with Crippen LogP contribution in [0.25, 0.3) is 0 Å². The highest BCUT2D eigenvalue weighted by molar-refractivity contribution is 6.56. The van der Waals surface area contributed by atoms with E-state index in [1.807, 2.05) is 0 Å². The molecule has 6 atom stereocenters. The fraction of sp³-hybridized carbons (Fsp3) is 0.842. The molecule has 0 aliphatic rings. The first-order chi connectivity index (χ1) is 15.7. The molecular weight excluding hydrogens is 472 g/mol. The number of carboxylic acid groups (broad SMARTS) is 1. The summed E-state index contributed by atoms with van der Waals surface area (Å²) in [6.07, 6.45) is -1.36. The van der Waals surface area contributed by atoms with Gasteiger partial charge in [-0.05, 0) is 39.0 Å². The van der Waals surface area contributed by atoms with Crippen LogP contribution in [0.2, 0.25) is 0 Å². The number of ether oxygens (including phenoxy) is 1. The molecule has 34 heavy (non-hydrogen) atoms. The molecule has 0 aliphatic heterocycles. The SMILES string of the molecule is CCC(CC(CC(CC(CC(C)N)NCC(O)COC[Si](O)(O)O)C(=O)N[O-])C(N)=O)C(=O)O. The molecule has 0 saturated heterocycles. The van der Waals surface area contributed by atoms with Crippen LogP contribution in [-0.2, 0) is 19.1 Å². The zero-order valence-corrected chi connectivity index (χ0v) is 20.6. The lowest BCUT2D eigenvalue weighted by Gasteiger charge is -2.29. The lowest BCUT2D eigenvalue weighted by atomic mass is 9.82. The molecule has 0 saturated carbocycles. The van der Waals surface area contributed by atoms with E-state index in [1.54, 1.807) is 13.8 Å². The molecule has 11 N–H and O–H groups in total. The second-order valence-electron chi connectivity index (χ2n) is 8.67. The number of amides is 2. The number of nitrogens with two attached hydrogens (primary N) is 2. The van der Waals surface area contributed by atoms with Gasteiger partial charge in [-0.15, -0.1) is 0 Å². The maximum atomic E-state index is 12.3. The van der Waals surface area contributed by atoms with E-state index in [0.29, 0.717) is 6.42 Å². The number of carbonyl (C=O) groups excluding carboxylic acids is 2. The van der Waals surface area contributed by atoms with Gasteiger partial charge in [0.1, 0.15) is 6.23 Å². The lowest BCUT2D eigenvalue weighted by Crippen LogP contribution is -2.45. The Hall–Kier alpha value is -1.69. The van der Waals surface area contributed by atoms with Crippen LogP contribution >= 0.6 is 0 Å². The van der Waals surface area contributed by atoms with Crippen LogP contribution < -0.4 is 22.3 Å². The van der Waals surface area contributed by atoms with Crippen molar-refractivity contribution < 1.29 is 43.7 Å². The zero-order valence-electron chi connectivity index (χ0n) is 19.6. The Balaban J connectivity index is 5.27. The van der Waals surface area contributed by atoms with E-state index >= 15 is 0 Å². The standard InChI is InChI=1S/C19H39N4O10Si/c1-3-12(19(27)28)5-13(17(21)25)6-14(18(26)23-29)7-15(4-11(2)20)22-8-16(24)9-33-10-34(30,31)32/h11-16,22,24,30-32H,3-10,20H2,1-2H3,(H4-,21,23,25,26,27,28,29)/q-1. The van der Waals surface area contributed by atoms with Crippen molar-refractivity contribution in [2.45, 2.75) is 64.1 Å². The molecular formula is C19H39N4O10Si-. The van der Waals surface area contributed by atoms with E-state index in [4.69, 9.17) is 30.6 Å². The number of aliphatic carboxylic acids is 1. The first kappa shape index (κ1) is 32.3. The third-order valence-corrected chi connectivity index (χ3v) is 5.92. The van der Waals surface area contributed by atoms with E-state index in [1.165, 1.54) is 5.48 Å². The molecule has 0 heterocycles. The average molecular weight is 512 g/mol. The molecule has 6 unspecified atom stereocenters. The van der Waals surface area contributed by atoms with Crippen molar-refractivity contribution >= 4 is 26.6 Å². The van der Waals surface area contributed by atoms with Gasteiger partial charge in [0.2, 0.25) is 11.8 Å².